The third-order valence-electron chi connectivity index (χ3n) is 2.55. The van der Waals surface area contributed by atoms with Crippen LogP contribution >= 0.6 is 11.3 Å². The van der Waals surface area contributed by atoms with Gasteiger partial charge in [0.25, 0.3) is 0 Å². The Hall–Kier alpha value is -2.16. The number of nitrogens with zero attached hydrogens (tertiary/aromatic N) is 1. The molecule has 1 aromatic rings. The van der Waals surface area contributed by atoms with Crippen molar-refractivity contribution in [2.75, 3.05) is 19.5 Å². The highest BCUT2D eigenvalue weighted by atomic mass is 32.1. The van der Waals surface area contributed by atoms with E-state index < -0.39 is 22.9 Å². The average molecular weight is 302 g/mol. The number of thiophene rings is 1. The number of hydrogen-bond acceptors (Lipinski definition) is 8. The SMILES string of the molecule is CCC(Nc1c([N+](=O)[O-])csc1C(=O)OC)C(=O)OC. The smallest absolute Gasteiger partial charge is 0.350 e. The highest BCUT2D eigenvalue weighted by molar-refractivity contribution is 7.13. The monoisotopic (exact) mass is 302 g/mol. The fraction of sp³-hybridized carbons (Fsp3) is 0.455. The van der Waals surface area contributed by atoms with Gasteiger partial charge in [-0.3, -0.25) is 10.1 Å². The summed E-state index contributed by atoms with van der Waals surface area (Å²) in [5.41, 5.74) is -0.304. The molecule has 9 heteroatoms. The van der Waals surface area contributed by atoms with Crippen LogP contribution in [0, 0.1) is 10.1 Å². The Morgan fingerprint density at radius 3 is 2.55 bits per heavy atom. The summed E-state index contributed by atoms with van der Waals surface area (Å²) in [5, 5.41) is 14.9. The van der Waals surface area contributed by atoms with Crippen LogP contribution in [0.5, 0.6) is 0 Å². The number of esters is 2. The second-order valence-electron chi connectivity index (χ2n) is 3.70. The quantitative estimate of drug-likeness (QED) is 0.485. The molecule has 0 saturated carbocycles. The maximum Gasteiger partial charge on any atom is 0.350 e. The summed E-state index contributed by atoms with van der Waals surface area (Å²) in [6.07, 6.45) is 0.348. The molecule has 1 rings (SSSR count). The van der Waals surface area contributed by atoms with Crippen LogP contribution in [-0.2, 0) is 14.3 Å². The maximum atomic E-state index is 11.6. The number of nitrogens with one attached hydrogen (secondary N) is 1. The minimum Gasteiger partial charge on any atom is -0.467 e. The lowest BCUT2D eigenvalue weighted by atomic mass is 10.2. The Kier molecular flexibility index (Phi) is 5.44. The average Bonchev–Trinajstić information content (AvgIpc) is 2.86. The highest BCUT2D eigenvalue weighted by Crippen LogP contribution is 2.35. The maximum absolute atomic E-state index is 11.6. The van der Waals surface area contributed by atoms with Crippen LogP contribution in [0.15, 0.2) is 5.38 Å². The predicted molar refractivity (Wildman–Crippen MR) is 72.0 cm³/mol. The standard InChI is InChI=1S/C11H14N2O6S/c1-4-6(10(14)18-2)12-8-7(13(16)17)5-20-9(8)11(15)19-3/h5-6,12H,4H2,1-3H3. The largest absolute Gasteiger partial charge is 0.467 e. The molecule has 0 aliphatic heterocycles. The van der Waals surface area contributed by atoms with E-state index in [1.54, 1.807) is 6.92 Å². The summed E-state index contributed by atoms with van der Waals surface area (Å²) in [6.45, 7) is 1.71. The van der Waals surface area contributed by atoms with Gasteiger partial charge in [-0.25, -0.2) is 9.59 Å². The molecule has 1 unspecified atom stereocenters. The molecule has 0 aliphatic carbocycles. The van der Waals surface area contributed by atoms with Crippen LogP contribution < -0.4 is 5.32 Å². The minimum absolute atomic E-state index is 0.0240. The van der Waals surface area contributed by atoms with E-state index in [0.717, 1.165) is 11.3 Å². The van der Waals surface area contributed by atoms with Crippen molar-refractivity contribution in [1.29, 1.82) is 0 Å². The Bertz CT molecular complexity index is 527. The summed E-state index contributed by atoms with van der Waals surface area (Å²) >= 11 is 0.878. The minimum atomic E-state index is -0.781. The van der Waals surface area contributed by atoms with Gasteiger partial charge in [-0.05, 0) is 6.42 Å². The van der Waals surface area contributed by atoms with E-state index in [9.17, 15) is 19.7 Å². The zero-order chi connectivity index (χ0) is 15.3. The van der Waals surface area contributed by atoms with E-state index in [4.69, 9.17) is 0 Å². The number of hydrogen-bond donors (Lipinski definition) is 1. The number of ether oxygens (including phenoxy) is 2. The molecule has 0 radical (unpaired) electrons. The van der Waals surface area contributed by atoms with Gasteiger partial charge in [0.1, 0.15) is 16.6 Å². The first kappa shape index (κ1) is 15.9. The fourth-order valence-electron chi connectivity index (χ4n) is 1.51. The number of carbonyl (C=O) groups is 2. The number of anilines is 1. The van der Waals surface area contributed by atoms with Crippen molar-refractivity contribution in [3.63, 3.8) is 0 Å². The van der Waals surface area contributed by atoms with Crippen LogP contribution in [0.4, 0.5) is 11.4 Å². The van der Waals surface area contributed by atoms with E-state index in [1.807, 2.05) is 0 Å². The van der Waals surface area contributed by atoms with Crippen molar-refractivity contribution >= 4 is 34.7 Å². The number of rotatable bonds is 6. The molecule has 110 valence electrons. The predicted octanol–water partition coefficient (Wildman–Crippen LogP) is 1.81. The molecule has 1 atom stereocenters. The van der Waals surface area contributed by atoms with Crippen molar-refractivity contribution in [2.45, 2.75) is 19.4 Å². The van der Waals surface area contributed by atoms with Crippen molar-refractivity contribution in [1.82, 2.24) is 0 Å². The zero-order valence-corrected chi connectivity index (χ0v) is 12.0. The van der Waals surface area contributed by atoms with Crippen molar-refractivity contribution < 1.29 is 24.0 Å². The van der Waals surface area contributed by atoms with Gasteiger partial charge >= 0.3 is 17.6 Å². The summed E-state index contributed by atoms with van der Waals surface area (Å²) in [4.78, 5) is 33.5. The molecule has 1 heterocycles. The number of nitro groups is 1. The number of methoxy groups -OCH3 is 2. The van der Waals surface area contributed by atoms with Crippen LogP contribution in [-0.4, -0.2) is 37.1 Å². The first-order valence-electron chi connectivity index (χ1n) is 5.64. The molecular weight excluding hydrogens is 288 g/mol. The zero-order valence-electron chi connectivity index (χ0n) is 11.2. The van der Waals surface area contributed by atoms with E-state index in [-0.39, 0.29) is 16.3 Å². The van der Waals surface area contributed by atoms with Gasteiger partial charge in [-0.1, -0.05) is 6.92 Å². The molecule has 0 fully saturated rings. The molecule has 0 amide bonds. The van der Waals surface area contributed by atoms with Crippen LogP contribution in [0.1, 0.15) is 23.0 Å². The van der Waals surface area contributed by atoms with E-state index in [1.165, 1.54) is 19.6 Å². The summed E-state index contributed by atoms with van der Waals surface area (Å²) in [5.74, 6) is -1.27. The van der Waals surface area contributed by atoms with Crippen LogP contribution in [0.2, 0.25) is 0 Å². The van der Waals surface area contributed by atoms with E-state index >= 15 is 0 Å². The normalized spacial score (nSPS) is 11.6. The van der Waals surface area contributed by atoms with Gasteiger partial charge in [-0.2, -0.15) is 0 Å². The van der Waals surface area contributed by atoms with Gasteiger partial charge in [0.2, 0.25) is 0 Å². The molecule has 1 aromatic heterocycles. The lowest BCUT2D eigenvalue weighted by molar-refractivity contribution is -0.383. The third kappa shape index (κ3) is 3.23. The summed E-state index contributed by atoms with van der Waals surface area (Å²) < 4.78 is 9.16. The molecule has 0 saturated heterocycles. The van der Waals surface area contributed by atoms with Gasteiger partial charge in [0.15, 0.2) is 0 Å². The van der Waals surface area contributed by atoms with E-state index in [2.05, 4.69) is 14.8 Å². The lowest BCUT2D eigenvalue weighted by Crippen LogP contribution is -2.30. The Morgan fingerprint density at radius 2 is 2.10 bits per heavy atom. The fourth-order valence-corrected chi connectivity index (χ4v) is 2.40. The van der Waals surface area contributed by atoms with Crippen molar-refractivity contribution in [2.24, 2.45) is 0 Å². The van der Waals surface area contributed by atoms with E-state index in [0.29, 0.717) is 6.42 Å². The molecule has 0 bridgehead atoms. The first-order valence-corrected chi connectivity index (χ1v) is 6.52. The highest BCUT2D eigenvalue weighted by Gasteiger charge is 2.29. The second kappa shape index (κ2) is 6.85. The van der Waals surface area contributed by atoms with Crippen LogP contribution in [0.25, 0.3) is 0 Å². The second-order valence-corrected chi connectivity index (χ2v) is 4.58. The molecule has 0 spiro atoms. The molecular formula is C11H14N2O6S. The topological polar surface area (TPSA) is 108 Å². The summed E-state index contributed by atoms with van der Waals surface area (Å²) in [7, 11) is 2.39. The van der Waals surface area contributed by atoms with Gasteiger partial charge in [0, 0.05) is 0 Å². The van der Waals surface area contributed by atoms with Crippen molar-refractivity contribution in [3.05, 3.63) is 20.4 Å². The third-order valence-corrected chi connectivity index (χ3v) is 3.50. The number of carbonyl (C=O) groups excluding carboxylic acids is 2. The Morgan fingerprint density at radius 1 is 1.45 bits per heavy atom. The molecule has 1 N–H and O–H groups in total. The van der Waals surface area contributed by atoms with Crippen LogP contribution in [0.3, 0.4) is 0 Å². The van der Waals surface area contributed by atoms with Crippen molar-refractivity contribution in [3.8, 4) is 0 Å². The van der Waals surface area contributed by atoms with Gasteiger partial charge in [0.05, 0.1) is 24.5 Å². The molecule has 0 aliphatic rings. The van der Waals surface area contributed by atoms with Gasteiger partial charge in [-0.15, -0.1) is 11.3 Å². The molecule has 0 aromatic carbocycles. The van der Waals surface area contributed by atoms with Gasteiger partial charge < -0.3 is 14.8 Å². The first-order chi connectivity index (χ1) is 9.46. The summed E-state index contributed by atoms with van der Waals surface area (Å²) in [6, 6.07) is -0.781. The Balaban J connectivity index is 3.19. The molecule has 8 nitrogen and oxygen atoms in total. The lowest BCUT2D eigenvalue weighted by Gasteiger charge is -2.15. The Labute approximate surface area is 118 Å². The molecule has 20 heavy (non-hydrogen) atoms.